The van der Waals surface area contributed by atoms with Gasteiger partial charge in [0.1, 0.15) is 0 Å². The second-order valence-corrected chi connectivity index (χ2v) is 3.40. The van der Waals surface area contributed by atoms with Crippen molar-refractivity contribution in [2.75, 3.05) is 5.75 Å². The molecule has 0 rings (SSSR count). The summed E-state index contributed by atoms with van der Waals surface area (Å²) in [5, 5.41) is 2.23. The quantitative estimate of drug-likeness (QED) is 0.545. The average Bonchev–Trinajstić information content (AvgIpc) is 1.80. The Balaban J connectivity index is 3.00. The van der Waals surface area contributed by atoms with Crippen molar-refractivity contribution in [3.05, 3.63) is 11.0 Å². The molecular weight excluding hydrogens is 128 g/mol. The Kier molecular flexibility index (Phi) is 6.28. The smallest absolute Gasteiger partial charge is 0.00261 e. The predicted octanol–water partition coefficient (Wildman–Crippen LogP) is 3.44. The summed E-state index contributed by atoms with van der Waals surface area (Å²) in [5.41, 5.74) is 1.41. The lowest BCUT2D eigenvalue weighted by molar-refractivity contribution is 0.897. The molecule has 0 aromatic heterocycles. The fourth-order valence-electron chi connectivity index (χ4n) is 0.453. The monoisotopic (exact) mass is 144 g/mol. The van der Waals surface area contributed by atoms with E-state index in [-0.39, 0.29) is 0 Å². The van der Waals surface area contributed by atoms with Crippen LogP contribution in [0, 0.1) is 0 Å². The summed E-state index contributed by atoms with van der Waals surface area (Å²) < 4.78 is 0. The van der Waals surface area contributed by atoms with Crippen LogP contribution in [0.2, 0.25) is 0 Å². The molecule has 54 valence electrons. The number of unbranched alkanes of at least 4 members (excludes halogenated alkanes) is 1. The number of hydrogen-bond acceptors (Lipinski definition) is 1. The maximum absolute atomic E-state index is 2.23. The average molecular weight is 144 g/mol. The molecule has 0 aliphatic carbocycles. The van der Waals surface area contributed by atoms with Crippen LogP contribution >= 0.6 is 11.8 Å². The summed E-state index contributed by atoms with van der Waals surface area (Å²) >= 11 is 1.92. The van der Waals surface area contributed by atoms with Crippen LogP contribution in [0.1, 0.15) is 33.6 Å². The van der Waals surface area contributed by atoms with E-state index in [1.165, 1.54) is 24.2 Å². The number of hydrogen-bond donors (Lipinski definition) is 0. The summed E-state index contributed by atoms with van der Waals surface area (Å²) in [4.78, 5) is 0. The Labute approximate surface area is 62.7 Å². The first-order valence-corrected chi connectivity index (χ1v) is 4.57. The van der Waals surface area contributed by atoms with Crippen LogP contribution in [-0.4, -0.2) is 5.75 Å². The SMILES string of the molecule is CCCCSC=C(C)C. The Morgan fingerprint density at radius 2 is 2.11 bits per heavy atom. The normalized spacial score (nSPS) is 9.22. The second kappa shape index (κ2) is 6.21. The Bertz CT molecular complexity index is 80.6. The molecule has 0 radical (unpaired) electrons. The minimum absolute atomic E-state index is 1.28. The Morgan fingerprint density at radius 3 is 2.56 bits per heavy atom. The van der Waals surface area contributed by atoms with E-state index >= 15 is 0 Å². The van der Waals surface area contributed by atoms with Crippen molar-refractivity contribution < 1.29 is 0 Å². The molecule has 0 aromatic rings. The first-order valence-electron chi connectivity index (χ1n) is 3.52. The van der Waals surface area contributed by atoms with Gasteiger partial charge in [-0.1, -0.05) is 18.9 Å². The summed E-state index contributed by atoms with van der Waals surface area (Å²) in [7, 11) is 0. The molecule has 0 aliphatic heterocycles. The van der Waals surface area contributed by atoms with Crippen LogP contribution < -0.4 is 0 Å². The molecule has 0 atom stereocenters. The zero-order valence-electron chi connectivity index (χ0n) is 6.61. The Morgan fingerprint density at radius 1 is 1.44 bits per heavy atom. The Hall–Kier alpha value is 0.0900. The minimum atomic E-state index is 1.28. The van der Waals surface area contributed by atoms with E-state index in [1.54, 1.807) is 0 Å². The molecule has 0 heterocycles. The lowest BCUT2D eigenvalue weighted by atomic mass is 10.4. The van der Waals surface area contributed by atoms with Gasteiger partial charge in [-0.2, -0.15) is 0 Å². The lowest BCUT2D eigenvalue weighted by Crippen LogP contribution is -1.73. The highest BCUT2D eigenvalue weighted by atomic mass is 32.2. The molecule has 9 heavy (non-hydrogen) atoms. The van der Waals surface area contributed by atoms with Gasteiger partial charge in [0.25, 0.3) is 0 Å². The van der Waals surface area contributed by atoms with E-state index in [0.717, 1.165) is 0 Å². The molecule has 0 unspecified atom stereocenters. The summed E-state index contributed by atoms with van der Waals surface area (Å²) in [6, 6.07) is 0. The van der Waals surface area contributed by atoms with Gasteiger partial charge in [-0.3, -0.25) is 0 Å². The maximum atomic E-state index is 2.23. The van der Waals surface area contributed by atoms with E-state index in [4.69, 9.17) is 0 Å². The van der Waals surface area contributed by atoms with Crippen molar-refractivity contribution in [3.63, 3.8) is 0 Å². The van der Waals surface area contributed by atoms with E-state index in [1.807, 2.05) is 11.8 Å². The number of thioether (sulfide) groups is 1. The van der Waals surface area contributed by atoms with E-state index in [2.05, 4.69) is 26.2 Å². The summed E-state index contributed by atoms with van der Waals surface area (Å²) in [6.45, 7) is 6.50. The van der Waals surface area contributed by atoms with E-state index in [9.17, 15) is 0 Å². The second-order valence-electron chi connectivity index (χ2n) is 2.42. The zero-order valence-corrected chi connectivity index (χ0v) is 7.42. The molecule has 0 nitrogen and oxygen atoms in total. The van der Waals surface area contributed by atoms with Crippen molar-refractivity contribution in [2.45, 2.75) is 33.6 Å². The highest BCUT2D eigenvalue weighted by molar-refractivity contribution is 8.02. The van der Waals surface area contributed by atoms with E-state index in [0.29, 0.717) is 0 Å². The van der Waals surface area contributed by atoms with Gasteiger partial charge in [-0.25, -0.2) is 0 Å². The van der Waals surface area contributed by atoms with Crippen LogP contribution in [-0.2, 0) is 0 Å². The molecule has 0 saturated carbocycles. The van der Waals surface area contributed by atoms with Crippen LogP contribution in [0.4, 0.5) is 0 Å². The van der Waals surface area contributed by atoms with Gasteiger partial charge in [-0.15, -0.1) is 11.8 Å². The molecule has 0 amide bonds. The minimum Gasteiger partial charge on any atom is -0.134 e. The molecule has 0 aliphatic rings. The van der Waals surface area contributed by atoms with Gasteiger partial charge in [0.15, 0.2) is 0 Å². The van der Waals surface area contributed by atoms with Gasteiger partial charge >= 0.3 is 0 Å². The summed E-state index contributed by atoms with van der Waals surface area (Å²) in [6.07, 6.45) is 2.65. The molecule has 0 spiro atoms. The standard InChI is InChI=1S/C8H16S/c1-4-5-6-9-7-8(2)3/h7H,4-6H2,1-3H3. The fourth-order valence-corrected chi connectivity index (χ4v) is 1.36. The number of rotatable bonds is 4. The van der Waals surface area contributed by atoms with E-state index < -0.39 is 0 Å². The first kappa shape index (κ1) is 9.09. The third kappa shape index (κ3) is 8.09. The third-order valence-electron chi connectivity index (χ3n) is 0.935. The predicted molar refractivity (Wildman–Crippen MR) is 46.8 cm³/mol. The third-order valence-corrected chi connectivity index (χ3v) is 2.10. The zero-order chi connectivity index (χ0) is 7.11. The van der Waals surface area contributed by atoms with Crippen LogP contribution in [0.5, 0.6) is 0 Å². The maximum Gasteiger partial charge on any atom is -0.00261 e. The largest absolute Gasteiger partial charge is 0.134 e. The van der Waals surface area contributed by atoms with Crippen LogP contribution in [0.25, 0.3) is 0 Å². The van der Waals surface area contributed by atoms with Gasteiger partial charge < -0.3 is 0 Å². The van der Waals surface area contributed by atoms with Crippen molar-refractivity contribution in [1.82, 2.24) is 0 Å². The van der Waals surface area contributed by atoms with Gasteiger partial charge in [0.2, 0.25) is 0 Å². The summed E-state index contributed by atoms with van der Waals surface area (Å²) in [5.74, 6) is 1.28. The highest BCUT2D eigenvalue weighted by Gasteiger charge is 1.81. The topological polar surface area (TPSA) is 0 Å². The van der Waals surface area contributed by atoms with Crippen molar-refractivity contribution >= 4 is 11.8 Å². The molecule has 0 bridgehead atoms. The molecular formula is C8H16S. The molecule has 0 fully saturated rings. The fraction of sp³-hybridized carbons (Fsp3) is 0.750. The van der Waals surface area contributed by atoms with Crippen LogP contribution in [0.3, 0.4) is 0 Å². The van der Waals surface area contributed by atoms with Crippen molar-refractivity contribution in [3.8, 4) is 0 Å². The molecule has 0 saturated heterocycles. The molecule has 0 aromatic carbocycles. The molecule has 0 N–H and O–H groups in total. The van der Waals surface area contributed by atoms with Crippen LogP contribution in [0.15, 0.2) is 11.0 Å². The lowest BCUT2D eigenvalue weighted by Gasteiger charge is -1.92. The van der Waals surface area contributed by atoms with Gasteiger partial charge in [0, 0.05) is 0 Å². The van der Waals surface area contributed by atoms with Gasteiger partial charge in [0.05, 0.1) is 0 Å². The highest BCUT2D eigenvalue weighted by Crippen LogP contribution is 2.08. The van der Waals surface area contributed by atoms with Gasteiger partial charge in [-0.05, 0) is 31.4 Å². The van der Waals surface area contributed by atoms with Crippen molar-refractivity contribution in [2.24, 2.45) is 0 Å². The first-order chi connectivity index (χ1) is 4.27. The van der Waals surface area contributed by atoms with Crippen molar-refractivity contribution in [1.29, 1.82) is 0 Å². The number of allylic oxidation sites excluding steroid dienone is 1. The molecule has 1 heteroatoms.